The van der Waals surface area contributed by atoms with Crippen LogP contribution in [0.1, 0.15) is 178 Å². The molecule has 18 nitrogen and oxygen atoms in total. The number of carbonyl (C=O) groups is 8. The minimum atomic E-state index is -0.435. The highest BCUT2D eigenvalue weighted by Gasteiger charge is 2.50. The molecule has 0 radical (unpaired) electrons. The number of hydrogen-bond acceptors (Lipinski definition) is 9. The van der Waals surface area contributed by atoms with Crippen molar-refractivity contribution in [2.24, 2.45) is 5.92 Å². The first-order chi connectivity index (χ1) is 47.1. The first-order valence-electron chi connectivity index (χ1n) is 35.8. The van der Waals surface area contributed by atoms with Gasteiger partial charge in [0.25, 0.3) is 23.6 Å². The van der Waals surface area contributed by atoms with Crippen LogP contribution in [0, 0.1) is 5.92 Å². The van der Waals surface area contributed by atoms with E-state index in [1.165, 1.54) is 33.8 Å². The van der Waals surface area contributed by atoms with E-state index in [0.717, 1.165) is 107 Å². The summed E-state index contributed by atoms with van der Waals surface area (Å²) in [5, 5.41) is 0. The SMILES string of the molecule is CC(C)CC1C(=O)N(Cc2ccccc2)C(=O)N1CCCn1ccnc1.CCC1C(=O)N(C(C)C)C(=O)N1CCCc1ccccc1.CCCN1C(=O)N(C2CCCCC2)C(=O)C1c1ccccc1.O=C1C(CCc2ccccc2)N(Cc2ccccc2)C(=O)N1C1CCCCC1. The fourth-order valence-corrected chi connectivity index (χ4v) is 14.5. The maximum Gasteiger partial charge on any atom is 0.328 e. The lowest BCUT2D eigenvalue weighted by molar-refractivity contribution is -0.131. The highest BCUT2D eigenvalue weighted by atomic mass is 16.2. The Morgan fingerprint density at radius 1 is 0.443 bits per heavy atom. The third-order valence-corrected chi connectivity index (χ3v) is 19.4. The van der Waals surface area contributed by atoms with Crippen molar-refractivity contribution in [2.75, 3.05) is 19.6 Å². The first-order valence-corrected chi connectivity index (χ1v) is 35.8. The van der Waals surface area contributed by atoms with Gasteiger partial charge in [-0.05, 0) is 125 Å². The van der Waals surface area contributed by atoms with Gasteiger partial charge in [-0.15, -0.1) is 0 Å². The van der Waals surface area contributed by atoms with Crippen molar-refractivity contribution < 1.29 is 38.4 Å². The number of imide groups is 4. The largest absolute Gasteiger partial charge is 0.337 e. The highest BCUT2D eigenvalue weighted by Crippen LogP contribution is 2.37. The fraction of sp³-hybridized carbons (Fsp3) is 0.481. The van der Waals surface area contributed by atoms with Crippen LogP contribution in [0.25, 0.3) is 0 Å². The molecule has 12 amide bonds. The minimum absolute atomic E-state index is 0.00348. The molecule has 5 heterocycles. The molecule has 0 bridgehead atoms. The molecule has 2 aliphatic carbocycles. The normalized spacial score (nSPS) is 20.1. The Hall–Kier alpha value is -8.93. The molecular weight excluding hydrogens is 1220 g/mol. The van der Waals surface area contributed by atoms with E-state index in [-0.39, 0.29) is 84.0 Å². The molecule has 0 spiro atoms. The Morgan fingerprint density at radius 3 is 1.45 bits per heavy atom. The van der Waals surface area contributed by atoms with Crippen LogP contribution in [0.5, 0.6) is 0 Å². The zero-order chi connectivity index (χ0) is 68.8. The lowest BCUT2D eigenvalue weighted by Crippen LogP contribution is -2.42. The van der Waals surface area contributed by atoms with Gasteiger partial charge in [0, 0.05) is 63.2 Å². The fourth-order valence-electron chi connectivity index (χ4n) is 14.5. The Labute approximate surface area is 574 Å². The number of benzene rings is 5. The number of amides is 12. The average Bonchev–Trinajstić information content (AvgIpc) is 1.64. The van der Waals surface area contributed by atoms with Crippen molar-refractivity contribution >= 4 is 47.8 Å². The quantitative estimate of drug-likeness (QED) is 0.0533. The maximum absolute atomic E-state index is 13.3. The number of urea groups is 4. The van der Waals surface area contributed by atoms with Gasteiger partial charge in [-0.1, -0.05) is 218 Å². The summed E-state index contributed by atoms with van der Waals surface area (Å²) in [6.07, 6.45) is 22.4. The van der Waals surface area contributed by atoms with Crippen molar-refractivity contribution in [2.45, 2.75) is 219 Å². The molecule has 4 saturated heterocycles. The van der Waals surface area contributed by atoms with Crippen molar-refractivity contribution in [3.05, 3.63) is 198 Å². The van der Waals surface area contributed by atoms with E-state index in [1.807, 2.05) is 166 Å². The van der Waals surface area contributed by atoms with Gasteiger partial charge >= 0.3 is 24.1 Å². The van der Waals surface area contributed by atoms with Crippen molar-refractivity contribution in [3.63, 3.8) is 0 Å². The molecule has 4 atom stereocenters. The van der Waals surface area contributed by atoms with E-state index in [9.17, 15) is 38.4 Å². The number of carbonyl (C=O) groups excluding carboxylic acids is 8. The Morgan fingerprint density at radius 2 is 0.938 bits per heavy atom. The van der Waals surface area contributed by atoms with Crippen LogP contribution in [0.2, 0.25) is 0 Å². The molecule has 18 heteroatoms. The summed E-state index contributed by atoms with van der Waals surface area (Å²) in [4.78, 5) is 120. The molecule has 2 saturated carbocycles. The predicted octanol–water partition coefficient (Wildman–Crippen LogP) is 14.7. The number of hydrogen-bond donors (Lipinski definition) is 0. The number of aromatic nitrogens is 2. The molecule has 4 aliphatic heterocycles. The van der Waals surface area contributed by atoms with Crippen LogP contribution < -0.4 is 0 Å². The number of nitrogens with zero attached hydrogens (tertiary/aromatic N) is 10. The molecule has 97 heavy (non-hydrogen) atoms. The molecule has 1 aromatic heterocycles. The molecule has 0 N–H and O–H groups in total. The third kappa shape index (κ3) is 18.6. The minimum Gasteiger partial charge on any atom is -0.337 e. The lowest BCUT2D eigenvalue weighted by atomic mass is 9.94. The average molecular weight is 1320 g/mol. The molecule has 516 valence electrons. The van der Waals surface area contributed by atoms with Crippen LogP contribution in [0.15, 0.2) is 170 Å². The van der Waals surface area contributed by atoms with Gasteiger partial charge < -0.3 is 24.2 Å². The Balaban J connectivity index is 0.000000153. The van der Waals surface area contributed by atoms with Crippen molar-refractivity contribution in [3.8, 4) is 0 Å². The van der Waals surface area contributed by atoms with Gasteiger partial charge in [-0.2, -0.15) is 0 Å². The van der Waals surface area contributed by atoms with Crippen molar-refractivity contribution in [1.82, 2.24) is 48.8 Å². The summed E-state index contributed by atoms with van der Waals surface area (Å²) < 4.78 is 1.99. The predicted molar refractivity (Wildman–Crippen MR) is 377 cm³/mol. The van der Waals surface area contributed by atoms with E-state index < -0.39 is 6.04 Å². The molecule has 4 unspecified atom stereocenters. The molecular formula is C79H102N10O8. The van der Waals surface area contributed by atoms with Crippen LogP contribution in [0.3, 0.4) is 0 Å². The summed E-state index contributed by atoms with van der Waals surface area (Å²) in [5.74, 6) is 0.206. The van der Waals surface area contributed by atoms with Gasteiger partial charge in [0.1, 0.15) is 24.2 Å². The van der Waals surface area contributed by atoms with Crippen LogP contribution in [-0.4, -0.2) is 152 Å². The number of imidazole rings is 1. The topological polar surface area (TPSA) is 180 Å². The number of aryl methyl sites for hydroxylation is 3. The molecule has 12 rings (SSSR count). The zero-order valence-electron chi connectivity index (χ0n) is 58.0. The van der Waals surface area contributed by atoms with E-state index >= 15 is 0 Å². The van der Waals surface area contributed by atoms with Crippen molar-refractivity contribution in [1.29, 1.82) is 0 Å². The van der Waals surface area contributed by atoms with E-state index in [2.05, 4.69) is 43.1 Å². The molecule has 6 aliphatic rings. The maximum atomic E-state index is 13.3. The molecule has 5 aromatic carbocycles. The third-order valence-electron chi connectivity index (χ3n) is 19.4. The van der Waals surface area contributed by atoms with Crippen LogP contribution >= 0.6 is 0 Å². The standard InChI is InChI=1S/C24H28N2O2.C20H26N4O2.C18H24N2O2.C17H24N2O2/c27-23-22(17-16-19-10-4-1-5-11-19)25(18-20-12-6-2-7-13-20)24(28)26(23)21-14-8-3-9-15-21;1-16(2)13-18-19(25)24(14-17-7-4-3-5-8-17)20(26)23(18)11-6-10-22-12-9-21-15-22;1-2-13-19-16(14-9-5-3-6-10-14)17(21)20(18(19)22)15-11-7-4-8-12-15;1-4-15-16(20)19(13(2)3)17(21)18(15)12-8-11-14-9-6-5-7-10-14/h1-2,4-7,10-13,21-22H,3,8-9,14-18H2;3-5,7-9,12,15-16,18H,6,10-11,13-14H2,1-2H3;3,5-6,9-10,15-16H,2,4,7-8,11-13H2,1H3;5-7,9-10,13,15H,4,8,11-12H2,1-3H3. The summed E-state index contributed by atoms with van der Waals surface area (Å²) >= 11 is 0. The van der Waals surface area contributed by atoms with Gasteiger partial charge in [0.2, 0.25) is 0 Å². The van der Waals surface area contributed by atoms with Gasteiger partial charge in [-0.3, -0.25) is 38.8 Å². The summed E-state index contributed by atoms with van der Waals surface area (Å²) in [6.45, 7) is 15.4. The summed E-state index contributed by atoms with van der Waals surface area (Å²) in [6, 6.07) is 48.0. The second-order valence-electron chi connectivity index (χ2n) is 27.2. The summed E-state index contributed by atoms with van der Waals surface area (Å²) in [7, 11) is 0. The van der Waals surface area contributed by atoms with Gasteiger partial charge in [0.15, 0.2) is 0 Å². The van der Waals surface area contributed by atoms with E-state index in [0.29, 0.717) is 57.9 Å². The van der Waals surface area contributed by atoms with Gasteiger partial charge in [0.05, 0.1) is 12.9 Å². The lowest BCUT2D eigenvalue weighted by Gasteiger charge is -2.29. The van der Waals surface area contributed by atoms with E-state index in [1.54, 1.807) is 41.9 Å². The number of rotatable bonds is 24. The Bertz CT molecular complexity index is 3470. The van der Waals surface area contributed by atoms with Gasteiger partial charge in [-0.25, -0.2) is 24.2 Å². The Kier molecular flexibility index (Phi) is 26.8. The second-order valence-corrected chi connectivity index (χ2v) is 27.2. The highest BCUT2D eigenvalue weighted by molar-refractivity contribution is 6.06. The second kappa shape index (κ2) is 35.9. The summed E-state index contributed by atoms with van der Waals surface area (Å²) in [5.41, 5.74) is 5.44. The molecule has 6 fully saturated rings. The van der Waals surface area contributed by atoms with Crippen LogP contribution in [-0.2, 0) is 51.7 Å². The monoisotopic (exact) mass is 1320 g/mol. The van der Waals surface area contributed by atoms with E-state index in [4.69, 9.17) is 0 Å². The first kappa shape index (κ1) is 72.3. The molecule has 6 aromatic rings. The zero-order valence-corrected chi connectivity index (χ0v) is 58.0. The smallest absolute Gasteiger partial charge is 0.328 e. The van der Waals surface area contributed by atoms with Crippen LogP contribution in [0.4, 0.5) is 19.2 Å².